The molecule has 0 radical (unpaired) electrons. The highest BCUT2D eigenvalue weighted by atomic mass is 35.5. The van der Waals surface area contributed by atoms with Crippen LogP contribution in [0.25, 0.3) is 0 Å². The van der Waals surface area contributed by atoms with Crippen LogP contribution < -0.4 is 5.32 Å². The number of hydrogen-bond acceptors (Lipinski definition) is 3. The summed E-state index contributed by atoms with van der Waals surface area (Å²) in [5.41, 5.74) is 1.75. The highest BCUT2D eigenvalue weighted by molar-refractivity contribution is 7.16. The molecule has 0 fully saturated rings. The first-order valence-electron chi connectivity index (χ1n) is 5.25. The molecule has 0 saturated carbocycles. The SMILES string of the molecule is Cc1nc(Cc2cccc(Cl)c2)sc1NC(=O)O. The molecular formula is C12H11ClN2O2S. The second-order valence-electron chi connectivity index (χ2n) is 3.76. The molecule has 0 unspecified atom stereocenters. The summed E-state index contributed by atoms with van der Waals surface area (Å²) in [4.78, 5) is 14.9. The number of carboxylic acid groups (broad SMARTS) is 1. The van der Waals surface area contributed by atoms with Crippen LogP contribution in [0.4, 0.5) is 9.80 Å². The van der Waals surface area contributed by atoms with Crippen molar-refractivity contribution in [3.63, 3.8) is 0 Å². The van der Waals surface area contributed by atoms with Crippen molar-refractivity contribution in [2.45, 2.75) is 13.3 Å². The largest absolute Gasteiger partial charge is 0.465 e. The number of nitrogens with zero attached hydrogens (tertiary/aromatic N) is 1. The van der Waals surface area contributed by atoms with E-state index < -0.39 is 6.09 Å². The Bertz CT molecular complexity index is 583. The monoisotopic (exact) mass is 282 g/mol. The maximum atomic E-state index is 10.6. The molecule has 0 spiro atoms. The minimum absolute atomic E-state index is 0.569. The Morgan fingerprint density at radius 2 is 2.33 bits per heavy atom. The fourth-order valence-electron chi connectivity index (χ4n) is 1.56. The van der Waals surface area contributed by atoms with Crippen molar-refractivity contribution in [2.75, 3.05) is 5.32 Å². The number of benzene rings is 1. The molecule has 2 aromatic rings. The van der Waals surface area contributed by atoms with Crippen LogP contribution in [-0.2, 0) is 6.42 Å². The van der Waals surface area contributed by atoms with Crippen molar-refractivity contribution in [1.29, 1.82) is 0 Å². The van der Waals surface area contributed by atoms with E-state index in [0.717, 1.165) is 10.6 Å². The van der Waals surface area contributed by atoms with Gasteiger partial charge in [-0.3, -0.25) is 5.32 Å². The van der Waals surface area contributed by atoms with Crippen LogP contribution >= 0.6 is 22.9 Å². The van der Waals surface area contributed by atoms with Crippen molar-refractivity contribution in [3.05, 3.63) is 45.6 Å². The highest BCUT2D eigenvalue weighted by Crippen LogP contribution is 2.26. The lowest BCUT2D eigenvalue weighted by Gasteiger charge is -1.98. The van der Waals surface area contributed by atoms with Crippen LogP contribution in [0.1, 0.15) is 16.3 Å². The number of amides is 1. The second kappa shape index (κ2) is 5.37. The van der Waals surface area contributed by atoms with Crippen molar-refractivity contribution in [3.8, 4) is 0 Å². The van der Waals surface area contributed by atoms with Crippen LogP contribution in [0, 0.1) is 6.92 Å². The normalized spacial score (nSPS) is 10.3. The Morgan fingerprint density at radius 3 is 3.00 bits per heavy atom. The average molecular weight is 283 g/mol. The number of hydrogen-bond donors (Lipinski definition) is 2. The number of thiazole rings is 1. The van der Waals surface area contributed by atoms with Crippen LogP contribution in [0.15, 0.2) is 24.3 Å². The fourth-order valence-corrected chi connectivity index (χ4v) is 2.76. The Labute approximate surface area is 113 Å². The molecule has 18 heavy (non-hydrogen) atoms. The lowest BCUT2D eigenvalue weighted by molar-refractivity contribution is 0.210. The third-order valence-corrected chi connectivity index (χ3v) is 3.61. The molecule has 0 bridgehead atoms. The van der Waals surface area contributed by atoms with E-state index in [1.165, 1.54) is 11.3 Å². The summed E-state index contributed by atoms with van der Waals surface area (Å²) in [5.74, 6) is 0. The van der Waals surface area contributed by atoms with Gasteiger partial charge in [0.15, 0.2) is 0 Å². The lowest BCUT2D eigenvalue weighted by atomic mass is 10.2. The van der Waals surface area contributed by atoms with Gasteiger partial charge < -0.3 is 5.11 Å². The zero-order valence-electron chi connectivity index (χ0n) is 9.61. The lowest BCUT2D eigenvalue weighted by Crippen LogP contribution is -2.06. The Balaban J connectivity index is 2.17. The minimum Gasteiger partial charge on any atom is -0.465 e. The van der Waals surface area contributed by atoms with Crippen LogP contribution in [0.3, 0.4) is 0 Å². The van der Waals surface area contributed by atoms with Crippen molar-refractivity contribution >= 4 is 34.0 Å². The molecule has 1 heterocycles. The molecule has 0 aliphatic carbocycles. The predicted molar refractivity (Wildman–Crippen MR) is 72.8 cm³/mol. The maximum absolute atomic E-state index is 10.6. The molecule has 4 nitrogen and oxygen atoms in total. The van der Waals surface area contributed by atoms with Gasteiger partial charge in [-0.1, -0.05) is 23.7 Å². The van der Waals surface area contributed by atoms with Gasteiger partial charge >= 0.3 is 6.09 Å². The smallest absolute Gasteiger partial charge is 0.409 e. The Kier molecular flexibility index (Phi) is 3.84. The molecule has 0 aliphatic heterocycles. The summed E-state index contributed by atoms with van der Waals surface area (Å²) in [6.45, 7) is 1.78. The van der Waals surface area contributed by atoms with Gasteiger partial charge in [0.1, 0.15) is 5.00 Å². The van der Waals surface area contributed by atoms with Gasteiger partial charge in [-0.05, 0) is 24.6 Å². The van der Waals surface area contributed by atoms with Gasteiger partial charge in [0.05, 0.1) is 10.7 Å². The number of aromatic nitrogens is 1. The van der Waals surface area contributed by atoms with Crippen LogP contribution in [0.2, 0.25) is 5.02 Å². The molecular weight excluding hydrogens is 272 g/mol. The predicted octanol–water partition coefficient (Wildman–Crippen LogP) is 3.79. The van der Waals surface area contributed by atoms with Gasteiger partial charge in [0, 0.05) is 11.4 Å². The molecule has 2 rings (SSSR count). The fraction of sp³-hybridized carbons (Fsp3) is 0.167. The molecule has 0 atom stereocenters. The third-order valence-electron chi connectivity index (χ3n) is 2.31. The van der Waals surface area contributed by atoms with E-state index in [0.29, 0.717) is 22.1 Å². The van der Waals surface area contributed by atoms with Crippen molar-refractivity contribution in [2.24, 2.45) is 0 Å². The topological polar surface area (TPSA) is 62.2 Å². The standard InChI is InChI=1S/C12H11ClN2O2S/c1-7-11(15-12(16)17)18-10(14-7)6-8-3-2-4-9(13)5-8/h2-5,15H,6H2,1H3,(H,16,17). The van der Waals surface area contributed by atoms with Gasteiger partial charge in [0.25, 0.3) is 0 Å². The summed E-state index contributed by atoms with van der Waals surface area (Å²) in [6, 6.07) is 7.54. The molecule has 1 aromatic carbocycles. The van der Waals surface area contributed by atoms with Gasteiger partial charge in [-0.2, -0.15) is 0 Å². The zero-order valence-corrected chi connectivity index (χ0v) is 11.2. The number of carbonyl (C=O) groups is 1. The summed E-state index contributed by atoms with van der Waals surface area (Å²) in [7, 11) is 0. The number of anilines is 1. The second-order valence-corrected chi connectivity index (χ2v) is 5.28. The average Bonchev–Trinajstić information content (AvgIpc) is 2.58. The van der Waals surface area contributed by atoms with E-state index >= 15 is 0 Å². The summed E-state index contributed by atoms with van der Waals surface area (Å²) < 4.78 is 0. The minimum atomic E-state index is -1.07. The van der Waals surface area contributed by atoms with Gasteiger partial charge in [-0.15, -0.1) is 11.3 Å². The highest BCUT2D eigenvalue weighted by Gasteiger charge is 2.10. The molecule has 0 aliphatic rings. The molecule has 6 heteroatoms. The molecule has 94 valence electrons. The zero-order chi connectivity index (χ0) is 13.1. The Morgan fingerprint density at radius 1 is 1.56 bits per heavy atom. The van der Waals surface area contributed by atoms with Crippen LogP contribution in [0.5, 0.6) is 0 Å². The van der Waals surface area contributed by atoms with Crippen molar-refractivity contribution < 1.29 is 9.90 Å². The van der Waals surface area contributed by atoms with E-state index in [4.69, 9.17) is 16.7 Å². The quantitative estimate of drug-likeness (QED) is 0.900. The number of nitrogens with one attached hydrogen (secondary N) is 1. The summed E-state index contributed by atoms with van der Waals surface area (Å²) in [6.07, 6.45) is -0.427. The van der Waals surface area contributed by atoms with E-state index in [-0.39, 0.29) is 0 Å². The summed E-state index contributed by atoms with van der Waals surface area (Å²) >= 11 is 7.25. The molecule has 2 N–H and O–H groups in total. The van der Waals surface area contributed by atoms with E-state index in [9.17, 15) is 4.79 Å². The number of halogens is 1. The van der Waals surface area contributed by atoms with E-state index in [2.05, 4.69) is 10.3 Å². The van der Waals surface area contributed by atoms with Gasteiger partial charge in [0.2, 0.25) is 0 Å². The molecule has 1 amide bonds. The number of rotatable bonds is 3. The summed E-state index contributed by atoms with van der Waals surface area (Å²) in [5, 5.41) is 13.1. The van der Waals surface area contributed by atoms with Gasteiger partial charge in [-0.25, -0.2) is 9.78 Å². The first-order chi connectivity index (χ1) is 8.54. The van der Waals surface area contributed by atoms with E-state index in [1.807, 2.05) is 24.3 Å². The third kappa shape index (κ3) is 3.21. The molecule has 0 saturated heterocycles. The Hall–Kier alpha value is -1.59. The van der Waals surface area contributed by atoms with Crippen LogP contribution in [-0.4, -0.2) is 16.2 Å². The van der Waals surface area contributed by atoms with E-state index in [1.54, 1.807) is 6.92 Å². The number of aryl methyl sites for hydroxylation is 1. The first-order valence-corrected chi connectivity index (χ1v) is 6.45. The molecule has 1 aromatic heterocycles. The van der Waals surface area contributed by atoms with Crippen molar-refractivity contribution in [1.82, 2.24) is 4.98 Å². The maximum Gasteiger partial charge on any atom is 0.409 e. The first kappa shape index (κ1) is 12.9.